The van der Waals surface area contributed by atoms with Gasteiger partial charge in [0.25, 0.3) is 0 Å². The molecule has 1 rings (SSSR count). The quantitative estimate of drug-likeness (QED) is 0.704. The van der Waals surface area contributed by atoms with Gasteiger partial charge in [0.05, 0.1) is 6.54 Å². The zero-order valence-electron chi connectivity index (χ0n) is 13.6. The molecule has 118 valence electrons. The lowest BCUT2D eigenvalue weighted by Crippen LogP contribution is -2.45. The number of likely N-dealkylation sites (N-methyl/N-ethyl adjacent to an activating group) is 1. The van der Waals surface area contributed by atoms with Crippen molar-refractivity contribution in [1.29, 1.82) is 0 Å². The van der Waals surface area contributed by atoms with Crippen LogP contribution in [-0.2, 0) is 4.79 Å². The van der Waals surface area contributed by atoms with E-state index in [9.17, 15) is 4.79 Å². The van der Waals surface area contributed by atoms with E-state index in [4.69, 9.17) is 5.73 Å². The predicted molar refractivity (Wildman–Crippen MR) is 84.6 cm³/mol. The maximum absolute atomic E-state index is 12.2. The molecule has 1 saturated carbocycles. The van der Waals surface area contributed by atoms with Gasteiger partial charge in [-0.15, -0.1) is 0 Å². The first-order valence-corrected chi connectivity index (χ1v) is 8.18. The van der Waals surface area contributed by atoms with E-state index in [0.29, 0.717) is 19.1 Å². The van der Waals surface area contributed by atoms with Crippen molar-refractivity contribution in [2.24, 2.45) is 11.1 Å². The first kappa shape index (κ1) is 17.4. The smallest absolute Gasteiger partial charge is 0.234 e. The van der Waals surface area contributed by atoms with Gasteiger partial charge in [0.1, 0.15) is 0 Å². The van der Waals surface area contributed by atoms with E-state index in [0.717, 1.165) is 25.9 Å². The Morgan fingerprint density at radius 1 is 1.25 bits per heavy atom. The molecule has 0 aliphatic heterocycles. The van der Waals surface area contributed by atoms with Crippen LogP contribution in [0.1, 0.15) is 59.3 Å². The predicted octanol–water partition coefficient (Wildman–Crippen LogP) is 2.13. The number of hydrogen-bond donors (Lipinski definition) is 2. The molecule has 0 spiro atoms. The summed E-state index contributed by atoms with van der Waals surface area (Å²) < 4.78 is 0. The second-order valence-corrected chi connectivity index (χ2v) is 6.93. The standard InChI is InChI=1S/C16H33N3O/c1-4-19(13-16(2,3)12-17)11-15(20)18-14-9-7-5-6-8-10-14/h14H,4-13,17H2,1-3H3,(H,18,20). The number of nitrogens with two attached hydrogens (primary N) is 1. The van der Waals surface area contributed by atoms with Crippen LogP contribution in [0.4, 0.5) is 0 Å². The molecule has 4 nitrogen and oxygen atoms in total. The third-order valence-corrected chi connectivity index (χ3v) is 4.24. The van der Waals surface area contributed by atoms with Crippen LogP contribution in [0.3, 0.4) is 0 Å². The molecular weight excluding hydrogens is 250 g/mol. The first-order valence-electron chi connectivity index (χ1n) is 8.18. The first-order chi connectivity index (χ1) is 9.46. The molecule has 4 heteroatoms. The van der Waals surface area contributed by atoms with Crippen LogP contribution in [0, 0.1) is 5.41 Å². The molecule has 0 aromatic heterocycles. The van der Waals surface area contributed by atoms with Gasteiger partial charge in [0.2, 0.25) is 5.91 Å². The van der Waals surface area contributed by atoms with Crippen molar-refractivity contribution in [2.75, 3.05) is 26.2 Å². The van der Waals surface area contributed by atoms with E-state index in [1.807, 2.05) is 0 Å². The lowest BCUT2D eigenvalue weighted by Gasteiger charge is -2.31. The van der Waals surface area contributed by atoms with E-state index in [1.54, 1.807) is 0 Å². The van der Waals surface area contributed by atoms with Crippen molar-refractivity contribution in [3.8, 4) is 0 Å². The Kier molecular flexibility index (Phi) is 7.52. The van der Waals surface area contributed by atoms with Crippen molar-refractivity contribution in [3.05, 3.63) is 0 Å². The number of hydrogen-bond acceptors (Lipinski definition) is 3. The Morgan fingerprint density at radius 2 is 1.85 bits per heavy atom. The fourth-order valence-corrected chi connectivity index (χ4v) is 2.85. The summed E-state index contributed by atoms with van der Waals surface area (Å²) >= 11 is 0. The minimum absolute atomic E-state index is 0.0681. The summed E-state index contributed by atoms with van der Waals surface area (Å²) in [5, 5.41) is 3.22. The highest BCUT2D eigenvalue weighted by molar-refractivity contribution is 5.78. The maximum Gasteiger partial charge on any atom is 0.234 e. The summed E-state index contributed by atoms with van der Waals surface area (Å²) in [6, 6.07) is 0.395. The average molecular weight is 283 g/mol. The van der Waals surface area contributed by atoms with Crippen molar-refractivity contribution < 1.29 is 4.79 Å². The van der Waals surface area contributed by atoms with E-state index >= 15 is 0 Å². The molecule has 1 aliphatic rings. The van der Waals surface area contributed by atoms with Crippen LogP contribution in [0.2, 0.25) is 0 Å². The molecule has 20 heavy (non-hydrogen) atoms. The van der Waals surface area contributed by atoms with Crippen LogP contribution < -0.4 is 11.1 Å². The Labute approximate surface area is 124 Å². The van der Waals surface area contributed by atoms with E-state index in [-0.39, 0.29) is 11.3 Å². The molecule has 0 heterocycles. The second kappa shape index (κ2) is 8.63. The zero-order valence-corrected chi connectivity index (χ0v) is 13.6. The van der Waals surface area contributed by atoms with Gasteiger partial charge in [0.15, 0.2) is 0 Å². The Balaban J connectivity index is 2.38. The van der Waals surface area contributed by atoms with Crippen LogP contribution >= 0.6 is 0 Å². The molecule has 0 aromatic rings. The molecular formula is C16H33N3O. The normalized spacial score (nSPS) is 18.1. The van der Waals surface area contributed by atoms with Gasteiger partial charge in [-0.2, -0.15) is 0 Å². The van der Waals surface area contributed by atoms with Gasteiger partial charge in [-0.1, -0.05) is 46.5 Å². The average Bonchev–Trinajstić information content (AvgIpc) is 2.66. The highest BCUT2D eigenvalue weighted by Crippen LogP contribution is 2.17. The number of rotatable bonds is 7. The van der Waals surface area contributed by atoms with Crippen molar-refractivity contribution in [1.82, 2.24) is 10.2 Å². The summed E-state index contributed by atoms with van der Waals surface area (Å²) in [5.74, 6) is 0.173. The summed E-state index contributed by atoms with van der Waals surface area (Å²) in [6.07, 6.45) is 7.43. The zero-order chi connectivity index (χ0) is 15.0. The lowest BCUT2D eigenvalue weighted by molar-refractivity contribution is -0.123. The second-order valence-electron chi connectivity index (χ2n) is 6.93. The number of carbonyl (C=O) groups excluding carboxylic acids is 1. The summed E-state index contributed by atoms with van der Waals surface area (Å²) in [5.41, 5.74) is 5.85. The minimum atomic E-state index is 0.0681. The minimum Gasteiger partial charge on any atom is -0.352 e. The van der Waals surface area contributed by atoms with Gasteiger partial charge in [-0.05, 0) is 31.3 Å². The van der Waals surface area contributed by atoms with Gasteiger partial charge >= 0.3 is 0 Å². The molecule has 3 N–H and O–H groups in total. The van der Waals surface area contributed by atoms with E-state index in [2.05, 4.69) is 31.0 Å². The molecule has 0 unspecified atom stereocenters. The maximum atomic E-state index is 12.2. The fraction of sp³-hybridized carbons (Fsp3) is 0.938. The highest BCUT2D eigenvalue weighted by Gasteiger charge is 2.22. The SMILES string of the molecule is CCN(CC(=O)NC1CCCCCC1)CC(C)(C)CN. The molecule has 0 radical (unpaired) electrons. The van der Waals surface area contributed by atoms with Crippen LogP contribution in [0.5, 0.6) is 0 Å². The summed E-state index contributed by atoms with van der Waals surface area (Å²) in [4.78, 5) is 14.4. The van der Waals surface area contributed by atoms with Gasteiger partial charge in [-0.3, -0.25) is 9.69 Å². The van der Waals surface area contributed by atoms with E-state index < -0.39 is 0 Å². The lowest BCUT2D eigenvalue weighted by atomic mass is 9.93. The monoisotopic (exact) mass is 283 g/mol. The Bertz CT molecular complexity index is 283. The third kappa shape index (κ3) is 6.71. The molecule has 0 aromatic carbocycles. The van der Waals surface area contributed by atoms with Crippen molar-refractivity contribution in [2.45, 2.75) is 65.3 Å². The van der Waals surface area contributed by atoms with Crippen LogP contribution in [0.15, 0.2) is 0 Å². The van der Waals surface area contributed by atoms with Crippen molar-refractivity contribution >= 4 is 5.91 Å². The highest BCUT2D eigenvalue weighted by atomic mass is 16.2. The fourth-order valence-electron chi connectivity index (χ4n) is 2.85. The topological polar surface area (TPSA) is 58.4 Å². The Morgan fingerprint density at radius 3 is 2.35 bits per heavy atom. The number of nitrogens with zero attached hydrogens (tertiary/aromatic N) is 1. The summed E-state index contributed by atoms with van der Waals surface area (Å²) in [6.45, 7) is 9.31. The molecule has 1 aliphatic carbocycles. The van der Waals surface area contributed by atoms with Gasteiger partial charge < -0.3 is 11.1 Å². The molecule has 0 saturated heterocycles. The van der Waals surface area contributed by atoms with Crippen LogP contribution in [0.25, 0.3) is 0 Å². The van der Waals surface area contributed by atoms with Crippen LogP contribution in [-0.4, -0.2) is 43.0 Å². The number of nitrogens with one attached hydrogen (secondary N) is 1. The number of amides is 1. The van der Waals surface area contributed by atoms with Gasteiger partial charge in [0, 0.05) is 12.6 Å². The summed E-state index contributed by atoms with van der Waals surface area (Å²) in [7, 11) is 0. The molecule has 0 atom stereocenters. The van der Waals surface area contributed by atoms with Gasteiger partial charge in [-0.25, -0.2) is 0 Å². The van der Waals surface area contributed by atoms with E-state index in [1.165, 1.54) is 25.7 Å². The molecule has 0 bridgehead atoms. The Hall–Kier alpha value is -0.610. The third-order valence-electron chi connectivity index (χ3n) is 4.24. The largest absolute Gasteiger partial charge is 0.352 e. The van der Waals surface area contributed by atoms with Crippen molar-refractivity contribution in [3.63, 3.8) is 0 Å². The molecule has 1 amide bonds. The molecule has 1 fully saturated rings. The number of carbonyl (C=O) groups is 1.